The van der Waals surface area contributed by atoms with E-state index in [1.807, 2.05) is 25.1 Å². The van der Waals surface area contributed by atoms with E-state index in [1.165, 1.54) is 4.31 Å². The average Bonchev–Trinajstić information content (AvgIpc) is 2.71. The summed E-state index contributed by atoms with van der Waals surface area (Å²) < 4.78 is 27.3. The minimum Gasteiger partial charge on any atom is -0.325 e. The van der Waals surface area contributed by atoms with Gasteiger partial charge in [0.1, 0.15) is 0 Å². The Kier molecular flexibility index (Phi) is 7.22. The van der Waals surface area contributed by atoms with Gasteiger partial charge in [0, 0.05) is 23.8 Å². The molecule has 0 aromatic heterocycles. The first-order valence-corrected chi connectivity index (χ1v) is 12.3. The molecule has 0 spiro atoms. The zero-order valence-electron chi connectivity index (χ0n) is 17.7. The predicted octanol–water partition coefficient (Wildman–Crippen LogP) is 4.95. The first-order chi connectivity index (χ1) is 14.2. The number of para-hydroxylation sites is 1. The number of piperidine rings is 1. The van der Waals surface area contributed by atoms with Crippen LogP contribution < -0.4 is 5.32 Å². The molecule has 1 saturated heterocycles. The highest BCUT2D eigenvalue weighted by atomic mass is 35.5. The molecule has 5 nitrogen and oxygen atoms in total. The van der Waals surface area contributed by atoms with Crippen molar-refractivity contribution >= 4 is 33.2 Å². The maximum absolute atomic E-state index is 13.0. The number of carbonyl (C=O) groups is 1. The SMILES string of the molecule is Cc1cccc(C(C)C)c1NC(=O)[C@H]1CCCN(S(=O)(=O)Cc2ccc(Cl)cc2)C1. The molecule has 2 aromatic rings. The summed E-state index contributed by atoms with van der Waals surface area (Å²) in [4.78, 5) is 13.0. The molecule has 162 valence electrons. The molecule has 0 saturated carbocycles. The number of hydrogen-bond acceptors (Lipinski definition) is 3. The number of nitrogens with zero attached hydrogens (tertiary/aromatic N) is 1. The van der Waals surface area contributed by atoms with Crippen LogP contribution in [0.5, 0.6) is 0 Å². The maximum Gasteiger partial charge on any atom is 0.228 e. The molecule has 1 N–H and O–H groups in total. The van der Waals surface area contributed by atoms with E-state index in [1.54, 1.807) is 24.3 Å². The fourth-order valence-electron chi connectivity index (χ4n) is 3.86. The van der Waals surface area contributed by atoms with Gasteiger partial charge >= 0.3 is 0 Å². The smallest absolute Gasteiger partial charge is 0.228 e. The number of sulfonamides is 1. The van der Waals surface area contributed by atoms with E-state index in [-0.39, 0.29) is 30.0 Å². The summed E-state index contributed by atoms with van der Waals surface area (Å²) in [6.45, 7) is 6.82. The summed E-state index contributed by atoms with van der Waals surface area (Å²) in [5.41, 5.74) is 3.63. The molecule has 0 unspecified atom stereocenters. The molecule has 3 rings (SSSR count). The molecule has 1 fully saturated rings. The average molecular weight is 449 g/mol. The van der Waals surface area contributed by atoms with Gasteiger partial charge in [0.15, 0.2) is 0 Å². The van der Waals surface area contributed by atoms with E-state index in [4.69, 9.17) is 11.6 Å². The third kappa shape index (κ3) is 5.42. The van der Waals surface area contributed by atoms with Crippen LogP contribution in [-0.2, 0) is 20.6 Å². The Balaban J connectivity index is 1.71. The molecule has 1 heterocycles. The minimum atomic E-state index is -3.51. The quantitative estimate of drug-likeness (QED) is 0.679. The molecule has 7 heteroatoms. The largest absolute Gasteiger partial charge is 0.325 e. The Labute approximate surface area is 184 Å². The van der Waals surface area contributed by atoms with Gasteiger partial charge in [0.05, 0.1) is 11.7 Å². The van der Waals surface area contributed by atoms with Gasteiger partial charge in [-0.15, -0.1) is 0 Å². The van der Waals surface area contributed by atoms with Crippen LogP contribution in [0.3, 0.4) is 0 Å². The number of aryl methyl sites for hydroxylation is 1. The topological polar surface area (TPSA) is 66.5 Å². The Morgan fingerprint density at radius 3 is 2.57 bits per heavy atom. The zero-order chi connectivity index (χ0) is 21.9. The summed E-state index contributed by atoms with van der Waals surface area (Å²) in [5.74, 6) is -0.285. The Bertz CT molecular complexity index is 1000. The molecule has 1 aliphatic rings. The number of hydrogen-bond donors (Lipinski definition) is 1. The number of rotatable bonds is 6. The Morgan fingerprint density at radius 1 is 1.20 bits per heavy atom. The lowest BCUT2D eigenvalue weighted by Gasteiger charge is -2.31. The molecule has 1 aliphatic heterocycles. The van der Waals surface area contributed by atoms with Gasteiger partial charge in [-0.25, -0.2) is 12.7 Å². The highest BCUT2D eigenvalue weighted by Gasteiger charge is 2.32. The van der Waals surface area contributed by atoms with Crippen molar-refractivity contribution in [1.29, 1.82) is 0 Å². The number of carbonyl (C=O) groups excluding carboxylic acids is 1. The van der Waals surface area contributed by atoms with Gasteiger partial charge in [-0.05, 0) is 54.5 Å². The van der Waals surface area contributed by atoms with E-state index in [2.05, 4.69) is 19.2 Å². The summed E-state index contributed by atoms with van der Waals surface area (Å²) in [6.07, 6.45) is 1.35. The lowest BCUT2D eigenvalue weighted by Crippen LogP contribution is -2.44. The van der Waals surface area contributed by atoms with Gasteiger partial charge in [0.2, 0.25) is 15.9 Å². The lowest BCUT2D eigenvalue weighted by molar-refractivity contribution is -0.120. The molecule has 0 radical (unpaired) electrons. The summed E-state index contributed by atoms with van der Waals surface area (Å²) >= 11 is 5.89. The summed E-state index contributed by atoms with van der Waals surface area (Å²) in [5, 5.41) is 3.65. The lowest BCUT2D eigenvalue weighted by atomic mass is 9.95. The number of benzene rings is 2. The molecule has 30 heavy (non-hydrogen) atoms. The van der Waals surface area contributed by atoms with Crippen LogP contribution >= 0.6 is 11.6 Å². The first-order valence-electron chi connectivity index (χ1n) is 10.3. The number of amides is 1. The van der Waals surface area contributed by atoms with Crippen molar-refractivity contribution in [3.8, 4) is 0 Å². The molecule has 2 aromatic carbocycles. The van der Waals surface area contributed by atoms with Crippen LogP contribution in [0.2, 0.25) is 5.02 Å². The maximum atomic E-state index is 13.0. The van der Waals surface area contributed by atoms with Crippen molar-refractivity contribution in [2.75, 3.05) is 18.4 Å². The molecule has 0 bridgehead atoms. The van der Waals surface area contributed by atoms with Gasteiger partial charge in [-0.2, -0.15) is 0 Å². The van der Waals surface area contributed by atoms with Gasteiger partial charge in [-0.1, -0.05) is 55.8 Å². The highest BCUT2D eigenvalue weighted by Crippen LogP contribution is 2.29. The van der Waals surface area contributed by atoms with E-state index < -0.39 is 10.0 Å². The Hall–Kier alpha value is -1.89. The fraction of sp³-hybridized carbons (Fsp3) is 0.435. The highest BCUT2D eigenvalue weighted by molar-refractivity contribution is 7.88. The first kappa shape index (κ1) is 22.8. The third-order valence-corrected chi connectivity index (χ3v) is 7.65. The van der Waals surface area contributed by atoms with Gasteiger partial charge in [-0.3, -0.25) is 4.79 Å². The minimum absolute atomic E-state index is 0.0895. The van der Waals surface area contributed by atoms with E-state index in [0.717, 1.165) is 16.8 Å². The van der Waals surface area contributed by atoms with Crippen LogP contribution in [-0.4, -0.2) is 31.7 Å². The third-order valence-electron chi connectivity index (χ3n) is 5.59. The molecular formula is C23H29ClN2O3S. The van der Waals surface area contributed by atoms with Gasteiger partial charge in [0.25, 0.3) is 0 Å². The van der Waals surface area contributed by atoms with Crippen molar-refractivity contribution < 1.29 is 13.2 Å². The van der Waals surface area contributed by atoms with Crippen molar-refractivity contribution in [1.82, 2.24) is 4.31 Å². The van der Waals surface area contributed by atoms with Crippen LogP contribution in [0.1, 0.15) is 49.3 Å². The predicted molar refractivity (Wildman–Crippen MR) is 122 cm³/mol. The zero-order valence-corrected chi connectivity index (χ0v) is 19.3. The second-order valence-electron chi connectivity index (χ2n) is 8.26. The summed E-state index contributed by atoms with van der Waals surface area (Å²) in [7, 11) is -3.51. The second-order valence-corrected chi connectivity index (χ2v) is 10.7. The number of anilines is 1. The van der Waals surface area contributed by atoms with Crippen molar-refractivity contribution in [2.24, 2.45) is 5.92 Å². The van der Waals surface area contributed by atoms with E-state index in [0.29, 0.717) is 30.0 Å². The van der Waals surface area contributed by atoms with Crippen molar-refractivity contribution in [3.05, 3.63) is 64.2 Å². The monoisotopic (exact) mass is 448 g/mol. The van der Waals surface area contributed by atoms with Crippen LogP contribution in [0.4, 0.5) is 5.69 Å². The van der Waals surface area contributed by atoms with E-state index >= 15 is 0 Å². The van der Waals surface area contributed by atoms with Crippen molar-refractivity contribution in [3.63, 3.8) is 0 Å². The van der Waals surface area contributed by atoms with Gasteiger partial charge < -0.3 is 5.32 Å². The molecule has 0 aliphatic carbocycles. The van der Waals surface area contributed by atoms with E-state index in [9.17, 15) is 13.2 Å². The summed E-state index contributed by atoms with van der Waals surface area (Å²) in [6, 6.07) is 12.8. The van der Waals surface area contributed by atoms with Crippen LogP contribution in [0.15, 0.2) is 42.5 Å². The van der Waals surface area contributed by atoms with Crippen LogP contribution in [0, 0.1) is 12.8 Å². The number of nitrogens with one attached hydrogen (secondary N) is 1. The number of halogens is 1. The fourth-order valence-corrected chi connectivity index (χ4v) is 5.60. The molecular weight excluding hydrogens is 420 g/mol. The van der Waals surface area contributed by atoms with Crippen LogP contribution in [0.25, 0.3) is 0 Å². The second kappa shape index (κ2) is 9.50. The van der Waals surface area contributed by atoms with Crippen molar-refractivity contribution in [2.45, 2.75) is 45.3 Å². The standard InChI is InChI=1S/C23H29ClN2O3S/c1-16(2)21-8-4-6-17(3)22(21)25-23(27)19-7-5-13-26(14-19)30(28,29)15-18-9-11-20(24)12-10-18/h4,6,8-12,16,19H,5,7,13-15H2,1-3H3,(H,25,27)/t19-/m0/s1. The molecule has 1 atom stereocenters. The molecule has 1 amide bonds. The normalized spacial score (nSPS) is 17.8. The Morgan fingerprint density at radius 2 is 1.90 bits per heavy atom.